The predicted molar refractivity (Wildman–Crippen MR) is 81.1 cm³/mol. The van der Waals surface area contributed by atoms with Gasteiger partial charge in [0.1, 0.15) is 6.04 Å². The number of carbonyl (C=O) groups excluding carboxylic acids is 1. The summed E-state index contributed by atoms with van der Waals surface area (Å²) < 4.78 is 18.5. The van der Waals surface area contributed by atoms with Gasteiger partial charge in [-0.25, -0.2) is 4.39 Å². The second-order valence-electron chi connectivity index (χ2n) is 5.45. The van der Waals surface area contributed by atoms with Gasteiger partial charge in [0.15, 0.2) is 11.6 Å². The Bertz CT molecular complexity index is 485. The predicted octanol–water partition coefficient (Wildman–Crippen LogP) is 3.04. The van der Waals surface area contributed by atoms with Crippen LogP contribution in [0.25, 0.3) is 0 Å². The van der Waals surface area contributed by atoms with Crippen LogP contribution in [-0.2, 0) is 4.79 Å². The molecule has 1 aliphatic heterocycles. The first-order valence-corrected chi connectivity index (χ1v) is 7.50. The van der Waals surface area contributed by atoms with Gasteiger partial charge < -0.3 is 15.0 Å². The molecule has 0 aliphatic carbocycles. The van der Waals surface area contributed by atoms with Crippen LogP contribution in [0.15, 0.2) is 18.2 Å². The van der Waals surface area contributed by atoms with Gasteiger partial charge in [-0.15, -0.1) is 0 Å². The summed E-state index contributed by atoms with van der Waals surface area (Å²) in [6.45, 7) is 3.46. The Labute approximate surface area is 125 Å². The number of anilines is 1. The number of likely N-dealkylation sites (tertiary alicyclic amines) is 1. The fourth-order valence-electron chi connectivity index (χ4n) is 2.63. The third-order valence-corrected chi connectivity index (χ3v) is 3.82. The third kappa shape index (κ3) is 4.09. The second-order valence-corrected chi connectivity index (χ2v) is 5.45. The molecule has 0 saturated carbocycles. The van der Waals surface area contributed by atoms with Gasteiger partial charge in [0.2, 0.25) is 5.91 Å². The largest absolute Gasteiger partial charge is 0.494 e. The first-order chi connectivity index (χ1) is 10.1. The molecule has 0 aromatic heterocycles. The lowest BCUT2D eigenvalue weighted by Gasteiger charge is -2.25. The molecule has 1 fully saturated rings. The van der Waals surface area contributed by atoms with E-state index in [-0.39, 0.29) is 17.7 Å². The molecular weight excluding hydrogens is 271 g/mol. The Morgan fingerprint density at radius 1 is 1.29 bits per heavy atom. The zero-order chi connectivity index (χ0) is 15.2. The van der Waals surface area contributed by atoms with Crippen molar-refractivity contribution >= 4 is 11.6 Å². The van der Waals surface area contributed by atoms with Crippen molar-refractivity contribution in [2.45, 2.75) is 38.6 Å². The van der Waals surface area contributed by atoms with Crippen LogP contribution in [0.1, 0.15) is 32.6 Å². The maximum Gasteiger partial charge on any atom is 0.244 e. The van der Waals surface area contributed by atoms with Gasteiger partial charge in [-0.2, -0.15) is 0 Å². The molecule has 116 valence electrons. The first kappa shape index (κ1) is 15.6. The van der Waals surface area contributed by atoms with Gasteiger partial charge >= 0.3 is 0 Å². The summed E-state index contributed by atoms with van der Waals surface area (Å²) in [5.74, 6) is -0.155. The van der Waals surface area contributed by atoms with Crippen molar-refractivity contribution in [1.29, 1.82) is 0 Å². The molecule has 0 bridgehead atoms. The van der Waals surface area contributed by atoms with Gasteiger partial charge in [-0.1, -0.05) is 12.8 Å². The monoisotopic (exact) mass is 294 g/mol. The summed E-state index contributed by atoms with van der Waals surface area (Å²) in [4.78, 5) is 14.3. The molecule has 21 heavy (non-hydrogen) atoms. The normalized spacial score (nSPS) is 17.0. The average Bonchev–Trinajstić information content (AvgIpc) is 2.75. The lowest BCUT2D eigenvalue weighted by molar-refractivity contribution is -0.131. The van der Waals surface area contributed by atoms with Crippen LogP contribution >= 0.6 is 0 Å². The number of hydrogen-bond donors (Lipinski definition) is 1. The summed E-state index contributed by atoms with van der Waals surface area (Å²) in [5.41, 5.74) is 0.587. The van der Waals surface area contributed by atoms with Crippen molar-refractivity contribution < 1.29 is 13.9 Å². The van der Waals surface area contributed by atoms with E-state index < -0.39 is 5.82 Å². The van der Waals surface area contributed by atoms with E-state index in [1.54, 1.807) is 12.1 Å². The van der Waals surface area contributed by atoms with Crippen LogP contribution in [0.2, 0.25) is 0 Å². The number of amides is 1. The topological polar surface area (TPSA) is 41.6 Å². The van der Waals surface area contributed by atoms with E-state index in [0.29, 0.717) is 5.69 Å². The van der Waals surface area contributed by atoms with Gasteiger partial charge in [-0.3, -0.25) is 4.79 Å². The van der Waals surface area contributed by atoms with Crippen LogP contribution in [-0.4, -0.2) is 37.0 Å². The minimum atomic E-state index is -0.433. The van der Waals surface area contributed by atoms with E-state index in [1.165, 1.54) is 26.0 Å². The number of methoxy groups -OCH3 is 1. The average molecular weight is 294 g/mol. The summed E-state index contributed by atoms with van der Waals surface area (Å²) in [5, 5.41) is 3.06. The van der Waals surface area contributed by atoms with E-state index in [1.807, 2.05) is 11.8 Å². The van der Waals surface area contributed by atoms with Crippen LogP contribution < -0.4 is 10.1 Å². The molecule has 1 saturated heterocycles. The zero-order valence-electron chi connectivity index (χ0n) is 12.7. The number of carbonyl (C=O) groups is 1. The molecule has 1 aromatic rings. The third-order valence-electron chi connectivity index (χ3n) is 3.82. The highest BCUT2D eigenvalue weighted by Gasteiger charge is 2.21. The van der Waals surface area contributed by atoms with Crippen molar-refractivity contribution in [1.82, 2.24) is 4.90 Å². The van der Waals surface area contributed by atoms with Gasteiger partial charge in [-0.05, 0) is 31.9 Å². The molecule has 1 heterocycles. The van der Waals surface area contributed by atoms with Gasteiger partial charge in [0, 0.05) is 24.8 Å². The number of nitrogens with one attached hydrogen (secondary N) is 1. The van der Waals surface area contributed by atoms with Crippen molar-refractivity contribution in [2.75, 3.05) is 25.5 Å². The molecule has 1 unspecified atom stereocenters. The van der Waals surface area contributed by atoms with Crippen LogP contribution in [0.5, 0.6) is 5.75 Å². The maximum atomic E-state index is 13.6. The van der Waals surface area contributed by atoms with E-state index in [4.69, 9.17) is 4.74 Å². The second kappa shape index (κ2) is 7.29. The lowest BCUT2D eigenvalue weighted by Crippen LogP contribution is -2.41. The van der Waals surface area contributed by atoms with Crippen molar-refractivity contribution in [3.05, 3.63) is 24.0 Å². The molecule has 1 atom stereocenters. The van der Waals surface area contributed by atoms with E-state index in [2.05, 4.69) is 5.32 Å². The Morgan fingerprint density at radius 3 is 2.52 bits per heavy atom. The first-order valence-electron chi connectivity index (χ1n) is 7.50. The van der Waals surface area contributed by atoms with Crippen molar-refractivity contribution in [3.8, 4) is 5.75 Å². The molecule has 1 aromatic carbocycles. The fourth-order valence-corrected chi connectivity index (χ4v) is 2.63. The number of rotatable bonds is 4. The molecule has 1 N–H and O–H groups in total. The fraction of sp³-hybridized carbons (Fsp3) is 0.562. The van der Waals surface area contributed by atoms with Crippen LogP contribution in [0.3, 0.4) is 0 Å². The summed E-state index contributed by atoms with van der Waals surface area (Å²) in [6, 6.07) is 4.26. The van der Waals surface area contributed by atoms with Gasteiger partial charge in [0.25, 0.3) is 0 Å². The Hall–Kier alpha value is -1.78. The number of hydrogen-bond acceptors (Lipinski definition) is 3. The summed E-state index contributed by atoms with van der Waals surface area (Å²) in [7, 11) is 1.43. The molecule has 5 heteroatoms. The highest BCUT2D eigenvalue weighted by Crippen LogP contribution is 2.21. The quantitative estimate of drug-likeness (QED) is 0.928. The zero-order valence-corrected chi connectivity index (χ0v) is 12.7. The Balaban J connectivity index is 1.98. The van der Waals surface area contributed by atoms with Crippen molar-refractivity contribution in [3.63, 3.8) is 0 Å². The van der Waals surface area contributed by atoms with E-state index >= 15 is 0 Å². The van der Waals surface area contributed by atoms with E-state index in [9.17, 15) is 9.18 Å². The van der Waals surface area contributed by atoms with Crippen molar-refractivity contribution in [2.24, 2.45) is 0 Å². The molecular formula is C16H23FN2O2. The molecule has 1 aliphatic rings. The smallest absolute Gasteiger partial charge is 0.244 e. The minimum Gasteiger partial charge on any atom is -0.494 e. The number of nitrogens with zero attached hydrogens (tertiary/aromatic N) is 1. The molecule has 0 radical (unpaired) electrons. The highest BCUT2D eigenvalue weighted by atomic mass is 19.1. The van der Waals surface area contributed by atoms with Gasteiger partial charge in [0.05, 0.1) is 7.11 Å². The maximum absolute atomic E-state index is 13.6. The van der Waals surface area contributed by atoms with Crippen LogP contribution in [0, 0.1) is 5.82 Å². The summed E-state index contributed by atoms with van der Waals surface area (Å²) >= 11 is 0. The Kier molecular flexibility index (Phi) is 5.42. The standard InChI is InChI=1S/C16H23FN2O2/c1-12(16(20)19-9-5-3-4-6-10-19)18-13-7-8-15(21-2)14(17)11-13/h7-8,11-12,18H,3-6,9-10H2,1-2H3. The lowest BCUT2D eigenvalue weighted by atomic mass is 10.2. The molecule has 1 amide bonds. The van der Waals surface area contributed by atoms with E-state index in [0.717, 1.165) is 25.9 Å². The molecule has 4 nitrogen and oxygen atoms in total. The Morgan fingerprint density at radius 2 is 1.95 bits per heavy atom. The molecule has 0 spiro atoms. The number of halogens is 1. The SMILES string of the molecule is COc1ccc(NC(C)C(=O)N2CCCCCC2)cc1F. The molecule has 2 rings (SSSR count). The summed E-state index contributed by atoms with van der Waals surface area (Å²) in [6.07, 6.45) is 4.51. The number of benzene rings is 1. The van der Waals surface area contributed by atoms with Crippen LogP contribution in [0.4, 0.5) is 10.1 Å². The minimum absolute atomic E-state index is 0.0770. The highest BCUT2D eigenvalue weighted by molar-refractivity contribution is 5.84. The number of ether oxygens (including phenoxy) is 1.